The molecule has 0 aliphatic heterocycles. The number of rotatable bonds is 10. The van der Waals surface area contributed by atoms with E-state index >= 15 is 0 Å². The summed E-state index contributed by atoms with van der Waals surface area (Å²) in [5.41, 5.74) is 0. The second-order valence-electron chi connectivity index (χ2n) is 5.92. The Morgan fingerprint density at radius 1 is 1.25 bits per heavy atom. The molecule has 0 aromatic carbocycles. The fourth-order valence-corrected chi connectivity index (χ4v) is 3.33. The third kappa shape index (κ3) is 9.84. The van der Waals surface area contributed by atoms with E-state index in [2.05, 4.69) is 62.3 Å². The first kappa shape index (κ1) is 23.7. The molecule has 24 heavy (non-hydrogen) atoms. The van der Waals surface area contributed by atoms with Gasteiger partial charge in [0.1, 0.15) is 0 Å². The molecule has 2 N–H and O–H groups in total. The molecule has 0 fully saturated rings. The van der Waals surface area contributed by atoms with Crippen LogP contribution >= 0.6 is 35.3 Å². The van der Waals surface area contributed by atoms with E-state index in [-0.39, 0.29) is 24.0 Å². The lowest BCUT2D eigenvalue weighted by atomic mass is 10.2. The number of nitrogens with zero attached hydrogens (tertiary/aromatic N) is 2. The second-order valence-corrected chi connectivity index (χ2v) is 7.29. The third-order valence-electron chi connectivity index (χ3n) is 3.92. The van der Waals surface area contributed by atoms with Gasteiger partial charge >= 0.3 is 0 Å². The maximum Gasteiger partial charge on any atom is 0.191 e. The lowest BCUT2D eigenvalue weighted by Gasteiger charge is -2.21. The average molecular weight is 466 g/mol. The van der Waals surface area contributed by atoms with Crippen LogP contribution in [-0.4, -0.2) is 43.1 Å². The van der Waals surface area contributed by atoms with Gasteiger partial charge in [-0.1, -0.05) is 13.8 Å². The predicted octanol–water partition coefficient (Wildman–Crippen LogP) is 4.24. The number of aryl methyl sites for hydroxylation is 1. The van der Waals surface area contributed by atoms with E-state index in [0.717, 1.165) is 32.1 Å². The average Bonchev–Trinajstić information content (AvgIpc) is 2.95. The maximum absolute atomic E-state index is 4.71. The molecule has 0 aliphatic carbocycles. The van der Waals surface area contributed by atoms with Gasteiger partial charge in [-0.15, -0.1) is 35.3 Å². The van der Waals surface area contributed by atoms with E-state index < -0.39 is 0 Å². The summed E-state index contributed by atoms with van der Waals surface area (Å²) in [6.45, 7) is 16.1. The Morgan fingerprint density at radius 3 is 2.50 bits per heavy atom. The molecule has 1 atom stereocenters. The summed E-state index contributed by atoms with van der Waals surface area (Å²) in [6.07, 6.45) is 2.39. The van der Waals surface area contributed by atoms with E-state index in [1.165, 1.54) is 29.1 Å². The van der Waals surface area contributed by atoms with Gasteiger partial charge < -0.3 is 15.5 Å². The summed E-state index contributed by atoms with van der Waals surface area (Å²) in [5.74, 6) is 0.925. The number of nitrogens with one attached hydrogen (secondary N) is 2. The summed E-state index contributed by atoms with van der Waals surface area (Å²) in [5, 5.41) is 6.87. The van der Waals surface area contributed by atoms with Gasteiger partial charge in [-0.3, -0.25) is 0 Å². The van der Waals surface area contributed by atoms with Crippen LogP contribution < -0.4 is 10.6 Å². The van der Waals surface area contributed by atoms with Crippen LogP contribution in [0.1, 0.15) is 50.3 Å². The maximum atomic E-state index is 4.71. The smallest absolute Gasteiger partial charge is 0.191 e. The minimum Gasteiger partial charge on any atom is -0.357 e. The SMILES string of the molecule is CCNC(=NCc1ccc(C)s1)NC(C)CCCN(CC)CC.I. The lowest BCUT2D eigenvalue weighted by molar-refractivity contribution is 0.292. The molecule has 1 heterocycles. The highest BCUT2D eigenvalue weighted by Gasteiger charge is 2.07. The molecular formula is C18H35IN4S. The Kier molecular flexibility index (Phi) is 13.7. The molecule has 0 saturated carbocycles. The molecular weight excluding hydrogens is 431 g/mol. The molecule has 0 spiro atoms. The number of thiophene rings is 1. The van der Waals surface area contributed by atoms with Crippen molar-refractivity contribution in [3.63, 3.8) is 0 Å². The van der Waals surface area contributed by atoms with Gasteiger partial charge in [-0.25, -0.2) is 4.99 Å². The second kappa shape index (κ2) is 13.9. The van der Waals surface area contributed by atoms with E-state index in [4.69, 9.17) is 4.99 Å². The molecule has 0 amide bonds. The van der Waals surface area contributed by atoms with Gasteiger partial charge in [-0.2, -0.15) is 0 Å². The number of halogens is 1. The van der Waals surface area contributed by atoms with Crippen molar-refractivity contribution in [2.75, 3.05) is 26.2 Å². The van der Waals surface area contributed by atoms with Crippen molar-refractivity contribution in [2.24, 2.45) is 4.99 Å². The Labute approximate surface area is 169 Å². The first-order chi connectivity index (χ1) is 11.1. The van der Waals surface area contributed by atoms with E-state index in [9.17, 15) is 0 Å². The van der Waals surface area contributed by atoms with Crippen LogP contribution in [-0.2, 0) is 6.54 Å². The van der Waals surface area contributed by atoms with Crippen LogP contribution in [0.25, 0.3) is 0 Å². The highest BCUT2D eigenvalue weighted by Crippen LogP contribution is 2.15. The zero-order chi connectivity index (χ0) is 17.1. The summed E-state index contributed by atoms with van der Waals surface area (Å²) in [6, 6.07) is 4.76. The highest BCUT2D eigenvalue weighted by molar-refractivity contribution is 14.0. The van der Waals surface area contributed by atoms with Crippen LogP contribution in [0.4, 0.5) is 0 Å². The molecule has 4 nitrogen and oxygen atoms in total. The summed E-state index contributed by atoms with van der Waals surface area (Å²) < 4.78 is 0. The van der Waals surface area contributed by atoms with Gasteiger partial charge in [0.2, 0.25) is 0 Å². The third-order valence-corrected chi connectivity index (χ3v) is 4.91. The van der Waals surface area contributed by atoms with Gasteiger partial charge in [0.25, 0.3) is 0 Å². The number of hydrogen-bond acceptors (Lipinski definition) is 3. The molecule has 1 aromatic heterocycles. The molecule has 1 unspecified atom stereocenters. The number of guanidine groups is 1. The van der Waals surface area contributed by atoms with Crippen molar-refractivity contribution in [3.8, 4) is 0 Å². The fraction of sp³-hybridized carbons (Fsp3) is 0.722. The first-order valence-corrected chi connectivity index (χ1v) is 9.73. The number of aliphatic imine (C=N–C) groups is 1. The van der Waals surface area contributed by atoms with Gasteiger partial charge in [0.15, 0.2) is 5.96 Å². The molecule has 1 aromatic rings. The normalized spacial score (nSPS) is 12.8. The Balaban J connectivity index is 0.00000529. The van der Waals surface area contributed by atoms with Crippen molar-refractivity contribution < 1.29 is 0 Å². The van der Waals surface area contributed by atoms with Gasteiger partial charge in [0.05, 0.1) is 6.54 Å². The summed E-state index contributed by atoms with van der Waals surface area (Å²) in [4.78, 5) is 9.84. The molecule has 6 heteroatoms. The van der Waals surface area contributed by atoms with Gasteiger partial charge in [-0.05, 0) is 65.4 Å². The molecule has 140 valence electrons. The van der Waals surface area contributed by atoms with Crippen molar-refractivity contribution >= 4 is 41.3 Å². The van der Waals surface area contributed by atoms with Crippen LogP contribution in [0.15, 0.2) is 17.1 Å². The quantitative estimate of drug-likeness (QED) is 0.308. The van der Waals surface area contributed by atoms with Gasteiger partial charge in [0, 0.05) is 22.3 Å². The molecule has 1 rings (SSSR count). The zero-order valence-electron chi connectivity index (χ0n) is 15.9. The molecule has 0 aliphatic rings. The topological polar surface area (TPSA) is 39.7 Å². The Morgan fingerprint density at radius 2 is 1.96 bits per heavy atom. The summed E-state index contributed by atoms with van der Waals surface area (Å²) in [7, 11) is 0. The molecule has 0 saturated heterocycles. The monoisotopic (exact) mass is 466 g/mol. The first-order valence-electron chi connectivity index (χ1n) is 8.91. The standard InChI is InChI=1S/C18H34N4S.HI/c1-6-19-18(20-14-17-12-11-16(5)23-17)21-15(4)10-9-13-22(7-2)8-3;/h11-12,15H,6-10,13-14H2,1-5H3,(H2,19,20,21);1H. The van der Waals surface area contributed by atoms with Crippen molar-refractivity contribution in [3.05, 3.63) is 21.9 Å². The molecule has 0 bridgehead atoms. The van der Waals surface area contributed by atoms with Crippen LogP contribution in [0.5, 0.6) is 0 Å². The minimum absolute atomic E-state index is 0. The van der Waals surface area contributed by atoms with Crippen molar-refractivity contribution in [1.29, 1.82) is 0 Å². The van der Waals surface area contributed by atoms with Crippen LogP contribution in [0.3, 0.4) is 0 Å². The number of hydrogen-bond donors (Lipinski definition) is 2. The zero-order valence-corrected chi connectivity index (χ0v) is 19.0. The van der Waals surface area contributed by atoms with E-state index in [1.54, 1.807) is 0 Å². The van der Waals surface area contributed by atoms with Crippen LogP contribution in [0, 0.1) is 6.92 Å². The lowest BCUT2D eigenvalue weighted by Crippen LogP contribution is -2.42. The predicted molar refractivity (Wildman–Crippen MR) is 119 cm³/mol. The van der Waals surface area contributed by atoms with Crippen molar-refractivity contribution in [2.45, 2.75) is 60.0 Å². The van der Waals surface area contributed by atoms with E-state index in [1.807, 2.05) is 11.3 Å². The largest absolute Gasteiger partial charge is 0.357 e. The summed E-state index contributed by atoms with van der Waals surface area (Å²) >= 11 is 1.82. The van der Waals surface area contributed by atoms with E-state index in [0.29, 0.717) is 6.04 Å². The Bertz CT molecular complexity index is 458. The van der Waals surface area contributed by atoms with Crippen molar-refractivity contribution in [1.82, 2.24) is 15.5 Å². The highest BCUT2D eigenvalue weighted by atomic mass is 127. The minimum atomic E-state index is 0. The van der Waals surface area contributed by atoms with Crippen LogP contribution in [0.2, 0.25) is 0 Å². The fourth-order valence-electron chi connectivity index (χ4n) is 2.51. The Hall–Kier alpha value is -0.340. The molecule has 0 radical (unpaired) electrons.